The van der Waals surface area contributed by atoms with E-state index in [9.17, 15) is 22.8 Å². The van der Waals surface area contributed by atoms with Crippen molar-refractivity contribution >= 4 is 24.1 Å². The van der Waals surface area contributed by atoms with Crippen LogP contribution in [0.15, 0.2) is 47.0 Å². The van der Waals surface area contributed by atoms with Crippen LogP contribution in [0.25, 0.3) is 0 Å². The Labute approximate surface area is 146 Å². The van der Waals surface area contributed by atoms with Gasteiger partial charge in [-0.3, -0.25) is 0 Å². The van der Waals surface area contributed by atoms with E-state index in [-0.39, 0.29) is 25.4 Å². The lowest BCUT2D eigenvalue weighted by atomic mass is 10.1. The molecule has 0 radical (unpaired) electrons. The fourth-order valence-corrected chi connectivity index (χ4v) is 2.54. The average molecular weight is 366 g/mol. The largest absolute Gasteiger partial charge is 0.445 e. The van der Waals surface area contributed by atoms with Crippen LogP contribution in [0.1, 0.15) is 12.0 Å². The molecule has 1 N–H and O–H groups in total. The van der Waals surface area contributed by atoms with E-state index in [0.29, 0.717) is 6.21 Å². The molecule has 0 saturated carbocycles. The number of carbonyl (C=O) groups excluding carboxylic acids is 2. The van der Waals surface area contributed by atoms with Crippen molar-refractivity contribution in [2.24, 2.45) is 4.99 Å². The normalized spacial score (nSPS) is 19.7. The Morgan fingerprint density at radius 2 is 2.04 bits per heavy atom. The van der Waals surface area contributed by atoms with E-state index in [0.717, 1.165) is 16.2 Å². The Morgan fingerprint density at radius 1 is 1.31 bits per heavy atom. The van der Waals surface area contributed by atoms with Crippen LogP contribution in [0, 0.1) is 0 Å². The van der Waals surface area contributed by atoms with Gasteiger partial charge in [0.05, 0.1) is 12.0 Å². The number of amides is 2. The zero-order valence-electron chi connectivity index (χ0n) is 13.5. The summed E-state index contributed by atoms with van der Waals surface area (Å²) in [4.78, 5) is 28.3. The van der Waals surface area contributed by atoms with Gasteiger partial charge in [0.1, 0.15) is 12.8 Å². The molecule has 1 atom stereocenters. The zero-order chi connectivity index (χ0) is 18.7. The Balaban J connectivity index is 1.64. The smallest absolute Gasteiger partial charge is 0.419 e. The molecule has 2 heterocycles. The van der Waals surface area contributed by atoms with Crippen molar-refractivity contribution in [3.05, 3.63) is 47.5 Å². The summed E-state index contributed by atoms with van der Waals surface area (Å²) in [6, 6.07) is 7.85. The number of alkyl carbamates (subject to hydrolysis) is 1. The van der Waals surface area contributed by atoms with Crippen molar-refractivity contribution in [2.75, 3.05) is 6.54 Å². The molecule has 2 aliphatic rings. The number of aliphatic imine (C=N–C) groups is 1. The molecule has 2 aliphatic heterocycles. The van der Waals surface area contributed by atoms with Crippen LogP contribution in [0.4, 0.5) is 18.0 Å². The van der Waals surface area contributed by atoms with E-state index in [1.54, 1.807) is 24.3 Å². The molecule has 0 unspecified atom stereocenters. The molecule has 26 heavy (non-hydrogen) atoms. The summed E-state index contributed by atoms with van der Waals surface area (Å²) in [5, 5.41) is 2.35. The second kappa shape index (κ2) is 7.11. The number of fused-ring (bicyclic) bond motifs is 1. The van der Waals surface area contributed by atoms with Crippen molar-refractivity contribution in [1.82, 2.24) is 5.32 Å². The van der Waals surface area contributed by atoms with E-state index in [4.69, 9.17) is 4.74 Å². The zero-order valence-corrected chi connectivity index (χ0v) is 13.5. The monoisotopic (exact) mass is 366 g/mol. The van der Waals surface area contributed by atoms with Gasteiger partial charge in [0.15, 0.2) is 12.6 Å². The number of hydrogen-bond acceptors (Lipinski definition) is 4. The first-order valence-corrected chi connectivity index (χ1v) is 7.80. The first-order chi connectivity index (χ1) is 12.3. The van der Waals surface area contributed by atoms with Gasteiger partial charge in [-0.1, -0.05) is 41.4 Å². The highest BCUT2D eigenvalue weighted by Gasteiger charge is 2.43. The standard InChI is InChI=1S/C17H14F3N3O3/c18-17(19,20)12-6-7-14-21-8-13(15(24)23(14)9-12)22-16(25)26-10-11-4-2-1-3-5-11/h1-6,9,13H,7-8,10H2/p+1/t13-/m1/s1. The number of amidine groups is 1. The lowest BCUT2D eigenvalue weighted by Gasteiger charge is -2.20. The Bertz CT molecular complexity index is 814. The quantitative estimate of drug-likeness (QED) is 0.834. The van der Waals surface area contributed by atoms with Gasteiger partial charge < -0.3 is 10.1 Å². The van der Waals surface area contributed by atoms with E-state index in [1.165, 1.54) is 0 Å². The SMILES string of the molecule is O=C(N[C@@H]1CN=C2CC=C(C(F)(F)F)C=[N+]2C1=O)OCc1ccccc1. The van der Waals surface area contributed by atoms with Crippen molar-refractivity contribution in [1.29, 1.82) is 0 Å². The predicted molar refractivity (Wildman–Crippen MR) is 85.9 cm³/mol. The van der Waals surface area contributed by atoms with E-state index in [2.05, 4.69) is 10.3 Å². The number of carbonyl (C=O) groups is 2. The van der Waals surface area contributed by atoms with Crippen molar-refractivity contribution in [3.8, 4) is 0 Å². The predicted octanol–water partition coefficient (Wildman–Crippen LogP) is 2.20. The number of rotatable bonds is 3. The summed E-state index contributed by atoms with van der Waals surface area (Å²) in [6.07, 6.45) is -3.81. The fourth-order valence-electron chi connectivity index (χ4n) is 2.54. The number of nitrogens with zero attached hydrogens (tertiary/aromatic N) is 2. The molecule has 0 aromatic heterocycles. The number of halogens is 3. The Morgan fingerprint density at radius 3 is 2.73 bits per heavy atom. The molecule has 6 nitrogen and oxygen atoms in total. The fraction of sp³-hybridized carbons (Fsp3) is 0.294. The minimum Gasteiger partial charge on any atom is -0.445 e. The van der Waals surface area contributed by atoms with E-state index < -0.39 is 29.8 Å². The lowest BCUT2D eigenvalue weighted by Crippen LogP contribution is -2.52. The van der Waals surface area contributed by atoms with Crippen LogP contribution >= 0.6 is 0 Å². The topological polar surface area (TPSA) is 70.8 Å². The number of nitrogens with one attached hydrogen (secondary N) is 1. The van der Waals surface area contributed by atoms with Gasteiger partial charge in [0.2, 0.25) is 0 Å². The summed E-state index contributed by atoms with van der Waals surface area (Å²) in [6.45, 7) is -0.0347. The number of allylic oxidation sites excluding steroid dienone is 1. The van der Waals surface area contributed by atoms with Gasteiger partial charge in [0, 0.05) is 0 Å². The van der Waals surface area contributed by atoms with Gasteiger partial charge in [-0.15, -0.1) is 0 Å². The molecule has 2 amide bonds. The second-order valence-electron chi connectivity index (χ2n) is 5.71. The van der Waals surface area contributed by atoms with E-state index >= 15 is 0 Å². The molecule has 0 bridgehead atoms. The summed E-state index contributed by atoms with van der Waals surface area (Å²) in [5.41, 5.74) is -0.153. The minimum atomic E-state index is -4.55. The van der Waals surface area contributed by atoms with Crippen molar-refractivity contribution in [2.45, 2.75) is 25.2 Å². The molecular formula is C17H15F3N3O3+. The summed E-state index contributed by atoms with van der Waals surface area (Å²) >= 11 is 0. The maximum Gasteiger partial charge on any atom is 0.419 e. The number of benzene rings is 1. The molecule has 0 saturated heterocycles. The van der Waals surface area contributed by atoms with Crippen LogP contribution in [-0.4, -0.2) is 47.4 Å². The second-order valence-corrected chi connectivity index (χ2v) is 5.71. The summed E-state index contributed by atoms with van der Waals surface area (Å²) in [7, 11) is 0. The average Bonchev–Trinajstić information content (AvgIpc) is 2.62. The van der Waals surface area contributed by atoms with Crippen LogP contribution < -0.4 is 5.32 Å². The molecular weight excluding hydrogens is 351 g/mol. The highest BCUT2D eigenvalue weighted by Crippen LogP contribution is 2.26. The number of alkyl halides is 3. The third-order valence-corrected chi connectivity index (χ3v) is 3.87. The summed E-state index contributed by atoms with van der Waals surface area (Å²) in [5.74, 6) is -0.458. The van der Waals surface area contributed by atoms with Gasteiger partial charge in [-0.25, -0.2) is 9.59 Å². The van der Waals surface area contributed by atoms with Gasteiger partial charge in [0.25, 0.3) is 0 Å². The van der Waals surface area contributed by atoms with Crippen LogP contribution in [0.3, 0.4) is 0 Å². The number of ether oxygens (including phenoxy) is 1. The highest BCUT2D eigenvalue weighted by molar-refractivity contribution is 6.00. The minimum absolute atomic E-state index is 0.0128. The maximum atomic E-state index is 12.8. The molecule has 9 heteroatoms. The molecule has 0 fully saturated rings. The van der Waals surface area contributed by atoms with Gasteiger partial charge >= 0.3 is 24.0 Å². The van der Waals surface area contributed by atoms with E-state index in [1.807, 2.05) is 6.07 Å². The highest BCUT2D eigenvalue weighted by atomic mass is 19.4. The molecule has 0 spiro atoms. The van der Waals surface area contributed by atoms with Crippen molar-refractivity contribution in [3.63, 3.8) is 0 Å². The summed E-state index contributed by atoms with van der Waals surface area (Å²) < 4.78 is 44.3. The lowest BCUT2D eigenvalue weighted by molar-refractivity contribution is -0.344. The van der Waals surface area contributed by atoms with Gasteiger partial charge in [-0.05, 0) is 5.56 Å². The Hall–Kier alpha value is -2.97. The third-order valence-electron chi connectivity index (χ3n) is 3.87. The molecule has 0 aliphatic carbocycles. The van der Waals surface area contributed by atoms with Crippen molar-refractivity contribution < 1.29 is 32.1 Å². The Kier molecular flexibility index (Phi) is 4.88. The molecule has 1 aromatic rings. The number of hydrogen-bond donors (Lipinski definition) is 1. The van der Waals surface area contributed by atoms with Crippen LogP contribution in [0.5, 0.6) is 0 Å². The molecule has 136 valence electrons. The van der Waals surface area contributed by atoms with Crippen LogP contribution in [0.2, 0.25) is 0 Å². The third kappa shape index (κ3) is 3.98. The van der Waals surface area contributed by atoms with Gasteiger partial charge in [-0.2, -0.15) is 17.7 Å². The van der Waals surface area contributed by atoms with Crippen LogP contribution in [-0.2, 0) is 16.1 Å². The first kappa shape index (κ1) is 17.8. The first-order valence-electron chi connectivity index (χ1n) is 7.80. The maximum absolute atomic E-state index is 12.8. The molecule has 1 aromatic carbocycles. The molecule has 3 rings (SSSR count).